The lowest BCUT2D eigenvalue weighted by Gasteiger charge is -2.15. The van der Waals surface area contributed by atoms with Gasteiger partial charge in [0.2, 0.25) is 5.95 Å². The number of aromatic nitrogens is 2. The van der Waals surface area contributed by atoms with Crippen molar-refractivity contribution in [3.63, 3.8) is 0 Å². The number of anilines is 4. The Hall–Kier alpha value is -3.36. The zero-order valence-electron chi connectivity index (χ0n) is 14.0. The molecule has 0 radical (unpaired) electrons. The number of nitrogens with zero attached hydrogens (tertiary/aromatic N) is 2. The summed E-state index contributed by atoms with van der Waals surface area (Å²) in [5.74, 6) is -0.713. The predicted molar refractivity (Wildman–Crippen MR) is 93.0 cm³/mol. The fourth-order valence-electron chi connectivity index (χ4n) is 2.24. The van der Waals surface area contributed by atoms with Gasteiger partial charge in [-0.05, 0) is 36.4 Å². The zero-order valence-corrected chi connectivity index (χ0v) is 14.0. The van der Waals surface area contributed by atoms with Crippen molar-refractivity contribution >= 4 is 23.1 Å². The van der Waals surface area contributed by atoms with Crippen LogP contribution in [0.15, 0.2) is 54.7 Å². The van der Waals surface area contributed by atoms with Crippen molar-refractivity contribution in [3.05, 3.63) is 66.1 Å². The van der Waals surface area contributed by atoms with Gasteiger partial charge in [-0.2, -0.15) is 18.2 Å². The topological polar surface area (TPSA) is 59.1 Å². The summed E-state index contributed by atoms with van der Waals surface area (Å²) >= 11 is 0. The molecule has 0 aliphatic carbocycles. The summed E-state index contributed by atoms with van der Waals surface area (Å²) in [7, 11) is 1.52. The molecule has 140 valence electrons. The first-order chi connectivity index (χ1) is 12.9. The van der Waals surface area contributed by atoms with Crippen LogP contribution in [0.4, 0.5) is 40.7 Å². The Morgan fingerprint density at radius 3 is 2.30 bits per heavy atom. The summed E-state index contributed by atoms with van der Waals surface area (Å²) in [5.41, 5.74) is -0.685. The Labute approximate surface area is 152 Å². The standard InChI is InChI=1S/C18H14F4N4O/c1-27-12-8-6-11(7-9-12)24-17-23-10-13(18(20,21)22)16(26-17)25-15-5-3-2-4-14(15)19/h2-10H,1H3,(H2,23,24,25,26). The van der Waals surface area contributed by atoms with Gasteiger partial charge in [0.25, 0.3) is 0 Å². The van der Waals surface area contributed by atoms with E-state index in [9.17, 15) is 17.6 Å². The quantitative estimate of drug-likeness (QED) is 0.603. The molecule has 3 aromatic rings. The van der Waals surface area contributed by atoms with E-state index in [1.165, 1.54) is 25.3 Å². The van der Waals surface area contributed by atoms with E-state index in [-0.39, 0.29) is 11.6 Å². The highest BCUT2D eigenvalue weighted by atomic mass is 19.4. The fraction of sp³-hybridized carbons (Fsp3) is 0.111. The van der Waals surface area contributed by atoms with E-state index in [1.807, 2.05) is 0 Å². The average molecular weight is 378 g/mol. The Morgan fingerprint density at radius 1 is 0.963 bits per heavy atom. The van der Waals surface area contributed by atoms with Gasteiger partial charge >= 0.3 is 6.18 Å². The SMILES string of the molecule is COc1ccc(Nc2ncc(C(F)(F)F)c(Nc3ccccc3F)n2)cc1. The molecular formula is C18H14F4N4O. The van der Waals surface area contributed by atoms with Crippen LogP contribution in [0.5, 0.6) is 5.75 Å². The number of methoxy groups -OCH3 is 1. The minimum absolute atomic E-state index is 0.0768. The van der Waals surface area contributed by atoms with Crippen molar-refractivity contribution in [2.75, 3.05) is 17.7 Å². The van der Waals surface area contributed by atoms with E-state index in [0.29, 0.717) is 17.6 Å². The molecule has 0 fully saturated rings. The molecule has 9 heteroatoms. The molecule has 0 bridgehead atoms. The van der Waals surface area contributed by atoms with Crippen LogP contribution in [0.1, 0.15) is 5.56 Å². The van der Waals surface area contributed by atoms with Crippen LogP contribution >= 0.6 is 0 Å². The maximum absolute atomic E-state index is 13.8. The molecule has 0 amide bonds. The average Bonchev–Trinajstić information content (AvgIpc) is 2.63. The number of para-hydroxylation sites is 1. The first-order valence-electron chi connectivity index (χ1n) is 7.73. The van der Waals surface area contributed by atoms with E-state index >= 15 is 0 Å². The fourth-order valence-corrected chi connectivity index (χ4v) is 2.24. The van der Waals surface area contributed by atoms with Crippen LogP contribution in [0, 0.1) is 5.82 Å². The first kappa shape index (κ1) is 18.4. The van der Waals surface area contributed by atoms with Gasteiger partial charge in [-0.15, -0.1) is 0 Å². The van der Waals surface area contributed by atoms with E-state index in [4.69, 9.17) is 4.74 Å². The van der Waals surface area contributed by atoms with Gasteiger partial charge in [0.1, 0.15) is 22.9 Å². The van der Waals surface area contributed by atoms with Crippen LogP contribution in [0.2, 0.25) is 0 Å². The van der Waals surface area contributed by atoms with E-state index in [1.54, 1.807) is 24.3 Å². The second kappa shape index (κ2) is 7.48. The number of rotatable bonds is 5. The predicted octanol–water partition coefficient (Wildman–Crippen LogP) is 5.13. The molecule has 2 N–H and O–H groups in total. The smallest absolute Gasteiger partial charge is 0.421 e. The van der Waals surface area contributed by atoms with Crippen LogP contribution in [-0.4, -0.2) is 17.1 Å². The van der Waals surface area contributed by atoms with Gasteiger partial charge in [-0.1, -0.05) is 12.1 Å². The maximum atomic E-state index is 13.8. The minimum Gasteiger partial charge on any atom is -0.497 e. The van der Waals surface area contributed by atoms with Gasteiger partial charge < -0.3 is 15.4 Å². The molecule has 0 aliphatic rings. The van der Waals surface area contributed by atoms with Gasteiger partial charge in [0.05, 0.1) is 12.8 Å². The molecule has 1 aromatic heterocycles. The van der Waals surface area contributed by atoms with Crippen LogP contribution < -0.4 is 15.4 Å². The zero-order chi connectivity index (χ0) is 19.4. The number of benzene rings is 2. The van der Waals surface area contributed by atoms with Crippen LogP contribution in [0.25, 0.3) is 0 Å². The summed E-state index contributed by atoms with van der Waals surface area (Å²) in [6.07, 6.45) is -4.06. The molecule has 3 rings (SSSR count). The number of nitrogens with one attached hydrogen (secondary N) is 2. The Morgan fingerprint density at radius 2 is 1.67 bits per heavy atom. The van der Waals surface area contributed by atoms with Gasteiger partial charge in [0, 0.05) is 11.9 Å². The van der Waals surface area contributed by atoms with Crippen molar-refractivity contribution in [3.8, 4) is 5.75 Å². The van der Waals surface area contributed by atoms with E-state index in [2.05, 4.69) is 20.6 Å². The molecule has 2 aromatic carbocycles. The molecule has 0 saturated heterocycles. The Kier molecular flexibility index (Phi) is 5.11. The highest BCUT2D eigenvalue weighted by Gasteiger charge is 2.35. The number of alkyl halides is 3. The first-order valence-corrected chi connectivity index (χ1v) is 7.73. The van der Waals surface area contributed by atoms with Gasteiger partial charge in [-0.3, -0.25) is 0 Å². The summed E-state index contributed by atoms with van der Waals surface area (Å²) in [4.78, 5) is 7.56. The highest BCUT2D eigenvalue weighted by Crippen LogP contribution is 2.35. The Bertz CT molecular complexity index is 929. The molecule has 27 heavy (non-hydrogen) atoms. The largest absolute Gasteiger partial charge is 0.497 e. The summed E-state index contributed by atoms with van der Waals surface area (Å²) in [6, 6.07) is 12.0. The number of ether oxygens (including phenoxy) is 1. The summed E-state index contributed by atoms with van der Waals surface area (Å²) < 4.78 is 58.6. The number of hydrogen-bond donors (Lipinski definition) is 2. The molecule has 0 spiro atoms. The summed E-state index contributed by atoms with van der Waals surface area (Å²) in [6.45, 7) is 0. The lowest BCUT2D eigenvalue weighted by Crippen LogP contribution is -2.13. The third-order valence-corrected chi connectivity index (χ3v) is 3.57. The van der Waals surface area contributed by atoms with Crippen LogP contribution in [-0.2, 0) is 6.18 Å². The Balaban J connectivity index is 1.93. The van der Waals surface area contributed by atoms with Crippen molar-refractivity contribution in [2.45, 2.75) is 6.18 Å². The normalized spacial score (nSPS) is 11.1. The molecule has 0 atom stereocenters. The molecule has 0 unspecified atom stereocenters. The summed E-state index contributed by atoms with van der Waals surface area (Å²) in [5, 5.41) is 5.18. The minimum atomic E-state index is -4.70. The second-order valence-corrected chi connectivity index (χ2v) is 5.41. The third kappa shape index (κ3) is 4.43. The highest BCUT2D eigenvalue weighted by molar-refractivity contribution is 5.63. The monoisotopic (exact) mass is 378 g/mol. The third-order valence-electron chi connectivity index (χ3n) is 3.57. The molecule has 0 aliphatic heterocycles. The maximum Gasteiger partial charge on any atom is 0.421 e. The molecule has 0 saturated carbocycles. The lowest BCUT2D eigenvalue weighted by molar-refractivity contribution is -0.137. The molecular weight excluding hydrogens is 364 g/mol. The van der Waals surface area contributed by atoms with Crippen molar-refractivity contribution in [1.82, 2.24) is 9.97 Å². The second-order valence-electron chi connectivity index (χ2n) is 5.41. The van der Waals surface area contributed by atoms with Crippen molar-refractivity contribution in [1.29, 1.82) is 0 Å². The lowest BCUT2D eigenvalue weighted by atomic mass is 10.2. The molecule has 1 heterocycles. The van der Waals surface area contributed by atoms with E-state index < -0.39 is 23.4 Å². The molecule has 5 nitrogen and oxygen atoms in total. The van der Waals surface area contributed by atoms with Crippen molar-refractivity contribution in [2.24, 2.45) is 0 Å². The van der Waals surface area contributed by atoms with Crippen molar-refractivity contribution < 1.29 is 22.3 Å². The van der Waals surface area contributed by atoms with Crippen LogP contribution in [0.3, 0.4) is 0 Å². The van der Waals surface area contributed by atoms with Gasteiger partial charge in [-0.25, -0.2) is 9.37 Å². The number of hydrogen-bond acceptors (Lipinski definition) is 5. The number of halogens is 4. The van der Waals surface area contributed by atoms with Gasteiger partial charge in [0.15, 0.2) is 0 Å². The van der Waals surface area contributed by atoms with E-state index in [0.717, 1.165) is 6.07 Å².